The minimum absolute atomic E-state index is 0.00680. The highest BCUT2D eigenvalue weighted by Gasteiger charge is 2.54. The molecule has 0 aliphatic heterocycles. The van der Waals surface area contributed by atoms with Gasteiger partial charge in [-0.1, -0.05) is 24.3 Å². The van der Waals surface area contributed by atoms with Crippen LogP contribution in [-0.4, -0.2) is 5.11 Å². The first-order valence-electron chi connectivity index (χ1n) is 7.81. The molecule has 2 aliphatic rings. The van der Waals surface area contributed by atoms with E-state index < -0.39 is 11.3 Å². The predicted molar refractivity (Wildman–Crippen MR) is 86.8 cm³/mol. The van der Waals surface area contributed by atoms with Gasteiger partial charge >= 0.3 is 0 Å². The van der Waals surface area contributed by atoms with Gasteiger partial charge in [0.25, 0.3) is 0 Å². The number of rotatable bonds is 1. The van der Waals surface area contributed by atoms with Crippen molar-refractivity contribution in [1.29, 1.82) is 15.8 Å². The first-order chi connectivity index (χ1) is 11.6. The molecule has 0 aromatic heterocycles. The molecule has 5 nitrogen and oxygen atoms in total. The Morgan fingerprint density at radius 1 is 1.17 bits per heavy atom. The van der Waals surface area contributed by atoms with Crippen molar-refractivity contribution in [3.05, 3.63) is 52.7 Å². The molecule has 0 saturated heterocycles. The van der Waals surface area contributed by atoms with Gasteiger partial charge in [0, 0.05) is 11.5 Å². The number of aromatic hydroxyl groups is 1. The second kappa shape index (κ2) is 5.76. The number of nitrogens with two attached hydrogens (primary N) is 1. The molecule has 0 saturated carbocycles. The van der Waals surface area contributed by atoms with Crippen molar-refractivity contribution in [3.63, 3.8) is 0 Å². The van der Waals surface area contributed by atoms with Gasteiger partial charge in [0.05, 0.1) is 23.4 Å². The van der Waals surface area contributed by atoms with Gasteiger partial charge in [-0.3, -0.25) is 0 Å². The fourth-order valence-electron chi connectivity index (χ4n) is 3.97. The summed E-state index contributed by atoms with van der Waals surface area (Å²) in [5, 5.41) is 39.5. The lowest BCUT2D eigenvalue weighted by molar-refractivity contribution is 0.308. The molecule has 5 heteroatoms. The highest BCUT2D eigenvalue weighted by Crippen LogP contribution is 2.56. The summed E-state index contributed by atoms with van der Waals surface area (Å²) in [6, 6.07) is 12.9. The number of para-hydroxylation sites is 1. The lowest BCUT2D eigenvalue weighted by Gasteiger charge is -2.43. The number of phenolic OH excluding ortho intramolecular Hbond substituents is 1. The molecule has 0 amide bonds. The Bertz CT molecular complexity index is 862. The quantitative estimate of drug-likeness (QED) is 0.825. The van der Waals surface area contributed by atoms with Gasteiger partial charge in [-0.2, -0.15) is 15.8 Å². The molecule has 24 heavy (non-hydrogen) atoms. The van der Waals surface area contributed by atoms with Crippen LogP contribution in [0.2, 0.25) is 0 Å². The fraction of sp³-hybridized carbons (Fsp3) is 0.316. The number of benzene rings is 1. The Balaban J connectivity index is 2.37. The summed E-state index contributed by atoms with van der Waals surface area (Å²) < 4.78 is 0. The summed E-state index contributed by atoms with van der Waals surface area (Å²) in [4.78, 5) is 0. The molecule has 3 N–H and O–H groups in total. The summed E-state index contributed by atoms with van der Waals surface area (Å²) >= 11 is 0. The van der Waals surface area contributed by atoms with E-state index in [1.165, 1.54) is 0 Å². The van der Waals surface area contributed by atoms with Crippen molar-refractivity contribution in [2.75, 3.05) is 0 Å². The highest BCUT2D eigenvalue weighted by molar-refractivity contribution is 5.60. The van der Waals surface area contributed by atoms with Gasteiger partial charge in [0.15, 0.2) is 5.41 Å². The maximum Gasteiger partial charge on any atom is 0.191 e. The summed E-state index contributed by atoms with van der Waals surface area (Å²) in [5.41, 5.74) is 6.07. The van der Waals surface area contributed by atoms with E-state index in [1.807, 2.05) is 6.08 Å². The van der Waals surface area contributed by atoms with E-state index in [1.54, 1.807) is 24.3 Å². The molecule has 2 atom stereocenters. The van der Waals surface area contributed by atoms with Crippen LogP contribution in [0, 0.1) is 45.3 Å². The van der Waals surface area contributed by atoms with Gasteiger partial charge in [0.2, 0.25) is 0 Å². The molecular formula is C19H16N4O. The maximum atomic E-state index is 10.3. The normalized spacial score (nSPS) is 24.8. The van der Waals surface area contributed by atoms with Gasteiger partial charge in [0.1, 0.15) is 11.8 Å². The number of allylic oxidation sites excluding steroid dienone is 4. The van der Waals surface area contributed by atoms with Crippen molar-refractivity contribution >= 4 is 0 Å². The van der Waals surface area contributed by atoms with E-state index >= 15 is 0 Å². The van der Waals surface area contributed by atoms with Crippen LogP contribution in [0.5, 0.6) is 5.75 Å². The van der Waals surface area contributed by atoms with Crippen molar-refractivity contribution in [3.8, 4) is 24.0 Å². The lowest BCUT2D eigenvalue weighted by atomic mass is 9.56. The van der Waals surface area contributed by atoms with Crippen LogP contribution in [0.4, 0.5) is 0 Å². The van der Waals surface area contributed by atoms with Crippen LogP contribution >= 0.6 is 0 Å². The third-order valence-electron chi connectivity index (χ3n) is 5.07. The number of fused-ring (bicyclic) bond motifs is 1. The van der Waals surface area contributed by atoms with E-state index in [2.05, 4.69) is 18.2 Å². The monoisotopic (exact) mass is 316 g/mol. The lowest BCUT2D eigenvalue weighted by Crippen LogP contribution is -2.42. The van der Waals surface area contributed by atoms with Gasteiger partial charge in [-0.15, -0.1) is 0 Å². The van der Waals surface area contributed by atoms with Gasteiger partial charge in [-0.05, 0) is 36.8 Å². The van der Waals surface area contributed by atoms with Crippen LogP contribution in [0.15, 0.2) is 47.2 Å². The van der Waals surface area contributed by atoms with Gasteiger partial charge in [-0.25, -0.2) is 0 Å². The van der Waals surface area contributed by atoms with E-state index in [0.717, 1.165) is 24.8 Å². The second-order valence-corrected chi connectivity index (χ2v) is 6.17. The van der Waals surface area contributed by atoms with Crippen molar-refractivity contribution in [2.24, 2.45) is 17.1 Å². The van der Waals surface area contributed by atoms with E-state index in [0.29, 0.717) is 5.56 Å². The minimum atomic E-state index is -1.66. The molecule has 0 fully saturated rings. The molecule has 118 valence electrons. The largest absolute Gasteiger partial charge is 0.508 e. The summed E-state index contributed by atoms with van der Waals surface area (Å²) in [7, 11) is 0. The molecule has 3 rings (SSSR count). The molecule has 0 unspecified atom stereocenters. The average Bonchev–Trinajstić information content (AvgIpc) is 2.62. The third kappa shape index (κ3) is 1.98. The summed E-state index contributed by atoms with van der Waals surface area (Å²) in [6.07, 6.45) is 4.47. The number of hydrogen-bond acceptors (Lipinski definition) is 5. The number of hydrogen-bond donors (Lipinski definition) is 2. The second-order valence-electron chi connectivity index (χ2n) is 6.17. The van der Waals surface area contributed by atoms with Crippen LogP contribution in [0.1, 0.15) is 30.7 Å². The fourth-order valence-corrected chi connectivity index (χ4v) is 3.97. The highest BCUT2D eigenvalue weighted by atomic mass is 16.3. The molecule has 0 radical (unpaired) electrons. The zero-order chi connectivity index (χ0) is 17.3. The molecule has 0 heterocycles. The van der Waals surface area contributed by atoms with Gasteiger partial charge < -0.3 is 10.8 Å². The Kier molecular flexibility index (Phi) is 3.76. The Labute approximate surface area is 140 Å². The topological polar surface area (TPSA) is 118 Å². The van der Waals surface area contributed by atoms with Crippen molar-refractivity contribution in [2.45, 2.75) is 25.2 Å². The van der Waals surface area contributed by atoms with Crippen molar-refractivity contribution in [1.82, 2.24) is 0 Å². The zero-order valence-corrected chi connectivity index (χ0v) is 13.0. The van der Waals surface area contributed by atoms with E-state index in [-0.39, 0.29) is 22.9 Å². The van der Waals surface area contributed by atoms with Crippen molar-refractivity contribution < 1.29 is 5.11 Å². The molecule has 1 aromatic rings. The summed E-state index contributed by atoms with van der Waals surface area (Å²) in [6.45, 7) is 0. The van der Waals surface area contributed by atoms with Crippen LogP contribution in [0.25, 0.3) is 0 Å². The number of nitriles is 3. The summed E-state index contributed by atoms with van der Waals surface area (Å²) in [5.74, 6) is -0.749. The molecule has 1 aromatic carbocycles. The van der Waals surface area contributed by atoms with E-state index in [4.69, 9.17) is 5.73 Å². The third-order valence-corrected chi connectivity index (χ3v) is 5.07. The Morgan fingerprint density at radius 3 is 2.50 bits per heavy atom. The Morgan fingerprint density at radius 2 is 1.88 bits per heavy atom. The number of nitrogens with zero attached hydrogens (tertiary/aromatic N) is 3. The van der Waals surface area contributed by atoms with E-state index in [9.17, 15) is 20.9 Å². The first kappa shape index (κ1) is 15.7. The molecule has 0 spiro atoms. The SMILES string of the molecule is N#CC1=C(N)C(C#N)(C#N)[C@@H](c2ccccc2O)[C@H]2CCCC=C12. The van der Waals surface area contributed by atoms with Crippen LogP contribution in [0.3, 0.4) is 0 Å². The standard InChI is InChI=1S/C19H16N4O/c20-9-15-12-5-1-2-6-13(12)17(14-7-3-4-8-16(14)24)19(10-21,11-22)18(15)23/h3-5,7-8,13,17,24H,1-2,6,23H2/t13-,17+/m0/s1. The minimum Gasteiger partial charge on any atom is -0.508 e. The average molecular weight is 316 g/mol. The predicted octanol–water partition coefficient (Wildman–Crippen LogP) is 2.99. The zero-order valence-electron chi connectivity index (χ0n) is 13.0. The molecule has 0 bridgehead atoms. The van der Waals surface area contributed by atoms with Crippen LogP contribution in [-0.2, 0) is 0 Å². The molecular weight excluding hydrogens is 300 g/mol. The van der Waals surface area contributed by atoms with Crippen LogP contribution < -0.4 is 5.73 Å². The number of phenols is 1. The smallest absolute Gasteiger partial charge is 0.191 e. The Hall–Kier alpha value is -3.23. The maximum absolute atomic E-state index is 10.3. The first-order valence-corrected chi connectivity index (χ1v) is 7.81. The molecule has 2 aliphatic carbocycles.